The van der Waals surface area contributed by atoms with Gasteiger partial charge in [0.2, 0.25) is 0 Å². The normalized spacial score (nSPS) is 41.8. The summed E-state index contributed by atoms with van der Waals surface area (Å²) in [7, 11) is 3.23. The molecule has 0 aromatic heterocycles. The van der Waals surface area contributed by atoms with E-state index in [1.807, 2.05) is 0 Å². The molecule has 5 atom stereocenters. The van der Waals surface area contributed by atoms with Crippen molar-refractivity contribution >= 4 is 0 Å². The van der Waals surface area contributed by atoms with E-state index in [9.17, 15) is 0 Å². The van der Waals surface area contributed by atoms with Gasteiger partial charge in [-0.2, -0.15) is 0 Å². The Morgan fingerprint density at radius 3 is 2.31 bits per heavy atom. The first kappa shape index (κ1) is 12.3. The number of hydrogen-bond donors (Lipinski definition) is 0. The van der Waals surface area contributed by atoms with Crippen LogP contribution in [0, 0.1) is 5.92 Å². The van der Waals surface area contributed by atoms with Gasteiger partial charge in [-0.1, -0.05) is 6.92 Å². The van der Waals surface area contributed by atoms with Crippen LogP contribution >= 0.6 is 0 Å². The first-order chi connectivity index (χ1) is 7.77. The van der Waals surface area contributed by atoms with Crippen molar-refractivity contribution < 1.29 is 23.7 Å². The van der Waals surface area contributed by atoms with Crippen molar-refractivity contribution in [2.45, 2.75) is 37.8 Å². The standard InChI is InChI=1S/C11H20O5/c1-7-4-8-10(16-8)11(15-6-13-3)9(7)14-5-12-2/h7-11H,4-6H2,1-3H3/t7-,8+,9+,10+,11+/m0/s1. The maximum atomic E-state index is 5.67. The molecule has 2 fully saturated rings. The second-order valence-corrected chi connectivity index (χ2v) is 4.43. The second-order valence-electron chi connectivity index (χ2n) is 4.43. The molecule has 0 radical (unpaired) electrons. The molecule has 0 N–H and O–H groups in total. The third-order valence-corrected chi connectivity index (χ3v) is 3.19. The molecule has 0 spiro atoms. The molecule has 16 heavy (non-hydrogen) atoms. The van der Waals surface area contributed by atoms with E-state index in [-0.39, 0.29) is 25.1 Å². The number of rotatable bonds is 6. The van der Waals surface area contributed by atoms with E-state index in [0.29, 0.717) is 18.8 Å². The number of hydrogen-bond acceptors (Lipinski definition) is 5. The summed E-state index contributed by atoms with van der Waals surface area (Å²) < 4.78 is 26.8. The molecular formula is C11H20O5. The molecule has 0 aromatic carbocycles. The third-order valence-electron chi connectivity index (χ3n) is 3.19. The summed E-state index contributed by atoms with van der Waals surface area (Å²) in [6.45, 7) is 2.72. The van der Waals surface area contributed by atoms with Crippen molar-refractivity contribution in [1.82, 2.24) is 0 Å². The molecular weight excluding hydrogens is 212 g/mol. The minimum Gasteiger partial charge on any atom is -0.367 e. The van der Waals surface area contributed by atoms with Gasteiger partial charge in [0.1, 0.15) is 25.8 Å². The Kier molecular flexibility index (Phi) is 4.16. The van der Waals surface area contributed by atoms with Gasteiger partial charge < -0.3 is 23.7 Å². The monoisotopic (exact) mass is 232 g/mol. The van der Waals surface area contributed by atoms with Gasteiger partial charge in [-0.05, 0) is 12.3 Å². The molecule has 5 nitrogen and oxygen atoms in total. The molecule has 0 amide bonds. The molecule has 2 rings (SSSR count). The Morgan fingerprint density at radius 1 is 1.06 bits per heavy atom. The smallest absolute Gasteiger partial charge is 0.146 e. The Hall–Kier alpha value is -0.200. The highest BCUT2D eigenvalue weighted by Crippen LogP contribution is 2.42. The summed E-state index contributed by atoms with van der Waals surface area (Å²) in [4.78, 5) is 0. The zero-order chi connectivity index (χ0) is 11.5. The molecule has 1 aliphatic carbocycles. The fraction of sp³-hybridized carbons (Fsp3) is 1.00. The third kappa shape index (κ3) is 2.55. The lowest BCUT2D eigenvalue weighted by molar-refractivity contribution is -0.179. The van der Waals surface area contributed by atoms with E-state index < -0.39 is 0 Å². The highest BCUT2D eigenvalue weighted by Gasteiger charge is 2.55. The minimum absolute atomic E-state index is 0.0267. The molecule has 1 aliphatic heterocycles. The summed E-state index contributed by atoms with van der Waals surface area (Å²) >= 11 is 0. The molecule has 2 aliphatic rings. The van der Waals surface area contributed by atoms with Crippen LogP contribution in [0.1, 0.15) is 13.3 Å². The minimum atomic E-state index is -0.0381. The molecule has 1 heterocycles. The summed E-state index contributed by atoms with van der Waals surface area (Å²) in [6, 6.07) is 0. The first-order valence-corrected chi connectivity index (χ1v) is 5.64. The van der Waals surface area contributed by atoms with Crippen molar-refractivity contribution in [3.05, 3.63) is 0 Å². The second kappa shape index (κ2) is 5.42. The number of ether oxygens (including phenoxy) is 5. The van der Waals surface area contributed by atoms with Crippen LogP contribution < -0.4 is 0 Å². The van der Waals surface area contributed by atoms with Crippen LogP contribution in [-0.4, -0.2) is 52.2 Å². The van der Waals surface area contributed by atoms with Crippen LogP contribution in [0.15, 0.2) is 0 Å². The molecule has 1 saturated heterocycles. The van der Waals surface area contributed by atoms with E-state index in [0.717, 1.165) is 6.42 Å². The van der Waals surface area contributed by atoms with Gasteiger partial charge in [0, 0.05) is 14.2 Å². The van der Waals surface area contributed by atoms with E-state index in [4.69, 9.17) is 23.7 Å². The van der Waals surface area contributed by atoms with Gasteiger partial charge in [-0.3, -0.25) is 0 Å². The molecule has 5 heteroatoms. The maximum absolute atomic E-state index is 5.67. The predicted molar refractivity (Wildman–Crippen MR) is 55.9 cm³/mol. The van der Waals surface area contributed by atoms with E-state index in [2.05, 4.69) is 6.92 Å². The van der Waals surface area contributed by atoms with Gasteiger partial charge >= 0.3 is 0 Å². The Balaban J connectivity index is 1.91. The van der Waals surface area contributed by atoms with Gasteiger partial charge in [-0.25, -0.2) is 0 Å². The zero-order valence-corrected chi connectivity index (χ0v) is 10.0. The predicted octanol–water partition coefficient (Wildman–Crippen LogP) is 0.772. The van der Waals surface area contributed by atoms with Crippen molar-refractivity contribution in [2.75, 3.05) is 27.8 Å². The van der Waals surface area contributed by atoms with E-state index in [1.165, 1.54) is 0 Å². The fourth-order valence-corrected chi connectivity index (χ4v) is 2.39. The lowest BCUT2D eigenvalue weighted by Gasteiger charge is -2.33. The van der Waals surface area contributed by atoms with Crippen molar-refractivity contribution in [1.29, 1.82) is 0 Å². The fourth-order valence-electron chi connectivity index (χ4n) is 2.39. The number of methoxy groups -OCH3 is 2. The Morgan fingerprint density at radius 2 is 1.69 bits per heavy atom. The number of epoxide rings is 1. The molecule has 0 unspecified atom stereocenters. The van der Waals surface area contributed by atoms with Crippen molar-refractivity contribution in [2.24, 2.45) is 5.92 Å². The first-order valence-electron chi connectivity index (χ1n) is 5.64. The summed E-state index contributed by atoms with van der Waals surface area (Å²) in [5.41, 5.74) is 0. The highest BCUT2D eigenvalue weighted by molar-refractivity contribution is 5.02. The maximum Gasteiger partial charge on any atom is 0.146 e. The number of fused-ring (bicyclic) bond motifs is 1. The van der Waals surface area contributed by atoms with Crippen LogP contribution in [0.25, 0.3) is 0 Å². The topological polar surface area (TPSA) is 49.5 Å². The van der Waals surface area contributed by atoms with Crippen LogP contribution in [0.5, 0.6) is 0 Å². The molecule has 0 aromatic rings. The van der Waals surface area contributed by atoms with Crippen LogP contribution in [0.4, 0.5) is 0 Å². The average molecular weight is 232 g/mol. The van der Waals surface area contributed by atoms with Crippen molar-refractivity contribution in [3.8, 4) is 0 Å². The zero-order valence-electron chi connectivity index (χ0n) is 10.0. The van der Waals surface area contributed by atoms with Crippen LogP contribution in [0.2, 0.25) is 0 Å². The van der Waals surface area contributed by atoms with Gasteiger partial charge in [0.05, 0.1) is 12.2 Å². The summed E-state index contributed by atoms with van der Waals surface area (Å²) in [6.07, 6.45) is 1.54. The van der Waals surface area contributed by atoms with Gasteiger partial charge in [0.15, 0.2) is 0 Å². The average Bonchev–Trinajstić information content (AvgIpc) is 3.02. The summed E-state index contributed by atoms with van der Waals surface area (Å²) in [5.74, 6) is 0.417. The quantitative estimate of drug-likeness (QED) is 0.500. The lowest BCUT2D eigenvalue weighted by Crippen LogP contribution is -2.45. The highest BCUT2D eigenvalue weighted by atomic mass is 16.7. The lowest BCUT2D eigenvalue weighted by atomic mass is 9.85. The van der Waals surface area contributed by atoms with E-state index in [1.54, 1.807) is 14.2 Å². The largest absolute Gasteiger partial charge is 0.367 e. The molecule has 0 bridgehead atoms. The Labute approximate surface area is 95.9 Å². The SMILES string of the molecule is COCO[C@@H]1[C@H](OCOC)[C@@H](C)C[C@H]2O[C@@H]12. The van der Waals surface area contributed by atoms with Crippen LogP contribution in [-0.2, 0) is 23.7 Å². The van der Waals surface area contributed by atoms with Crippen LogP contribution in [0.3, 0.4) is 0 Å². The van der Waals surface area contributed by atoms with Gasteiger partial charge in [-0.15, -0.1) is 0 Å². The Bertz CT molecular complexity index is 214. The molecule has 94 valence electrons. The molecule has 1 saturated carbocycles. The summed E-state index contributed by atoms with van der Waals surface area (Å²) in [5, 5.41) is 0. The van der Waals surface area contributed by atoms with Gasteiger partial charge in [0.25, 0.3) is 0 Å². The van der Waals surface area contributed by atoms with E-state index >= 15 is 0 Å². The van der Waals surface area contributed by atoms with Crippen molar-refractivity contribution in [3.63, 3.8) is 0 Å².